The van der Waals surface area contributed by atoms with Crippen molar-refractivity contribution in [3.8, 4) is 11.4 Å². The molecule has 2 heterocycles. The van der Waals surface area contributed by atoms with Crippen LogP contribution in [0.3, 0.4) is 0 Å². The number of aromatic nitrogens is 2. The van der Waals surface area contributed by atoms with Crippen LogP contribution in [0.2, 0.25) is 0 Å². The van der Waals surface area contributed by atoms with E-state index in [0.717, 1.165) is 35.7 Å². The van der Waals surface area contributed by atoms with Crippen LogP contribution in [-0.2, 0) is 17.7 Å². The van der Waals surface area contributed by atoms with Crippen molar-refractivity contribution in [2.24, 2.45) is 0 Å². The molecule has 3 rings (SSSR count). The highest BCUT2D eigenvalue weighted by Crippen LogP contribution is 2.24. The number of fused-ring (bicyclic) bond motifs is 1. The van der Waals surface area contributed by atoms with Crippen LogP contribution in [0, 0.1) is 0 Å². The van der Waals surface area contributed by atoms with Crippen LogP contribution in [0.4, 0.5) is 0 Å². The maximum Gasteiger partial charge on any atom is 0.359 e. The van der Waals surface area contributed by atoms with Gasteiger partial charge in [0.2, 0.25) is 0 Å². The molecule has 0 spiro atoms. The maximum absolute atomic E-state index is 12.1. The molecule has 116 valence electrons. The summed E-state index contributed by atoms with van der Waals surface area (Å²) >= 11 is 0. The van der Waals surface area contributed by atoms with E-state index >= 15 is 0 Å². The van der Waals surface area contributed by atoms with Crippen molar-refractivity contribution in [1.29, 1.82) is 0 Å². The lowest BCUT2D eigenvalue weighted by Crippen LogP contribution is -2.25. The molecule has 1 aromatic heterocycles. The van der Waals surface area contributed by atoms with E-state index in [1.165, 1.54) is 0 Å². The van der Waals surface area contributed by atoms with E-state index in [9.17, 15) is 4.79 Å². The van der Waals surface area contributed by atoms with E-state index in [1.807, 2.05) is 28.9 Å². The molecule has 0 unspecified atom stereocenters. The number of esters is 1. The normalized spacial score (nSPS) is 13.5. The van der Waals surface area contributed by atoms with Crippen LogP contribution >= 0.6 is 0 Å². The maximum atomic E-state index is 12.1. The second-order valence-corrected chi connectivity index (χ2v) is 5.03. The average Bonchev–Trinajstić information content (AvgIpc) is 2.95. The molecular formula is C16H19N3O3. The number of nitrogens with zero attached hydrogens (tertiary/aromatic N) is 2. The fourth-order valence-electron chi connectivity index (χ4n) is 2.65. The molecule has 0 bridgehead atoms. The predicted molar refractivity (Wildman–Crippen MR) is 81.5 cm³/mol. The Hall–Kier alpha value is -2.34. The molecule has 6 heteroatoms. The van der Waals surface area contributed by atoms with E-state index in [0.29, 0.717) is 18.8 Å². The van der Waals surface area contributed by atoms with Crippen molar-refractivity contribution in [2.45, 2.75) is 19.9 Å². The van der Waals surface area contributed by atoms with Gasteiger partial charge >= 0.3 is 5.97 Å². The summed E-state index contributed by atoms with van der Waals surface area (Å²) in [4.78, 5) is 12.1. The van der Waals surface area contributed by atoms with Crippen LogP contribution in [-0.4, -0.2) is 36.0 Å². The smallest absolute Gasteiger partial charge is 0.359 e. The Bertz CT molecular complexity index is 677. The number of benzene rings is 1. The summed E-state index contributed by atoms with van der Waals surface area (Å²) in [6.45, 7) is 3.65. The third kappa shape index (κ3) is 2.57. The van der Waals surface area contributed by atoms with Crippen molar-refractivity contribution in [3.05, 3.63) is 41.2 Å². The minimum Gasteiger partial charge on any atom is -0.497 e. The second-order valence-electron chi connectivity index (χ2n) is 5.03. The summed E-state index contributed by atoms with van der Waals surface area (Å²) in [5, 5.41) is 7.78. The Labute approximate surface area is 129 Å². The van der Waals surface area contributed by atoms with Crippen molar-refractivity contribution < 1.29 is 14.3 Å². The van der Waals surface area contributed by atoms with Crippen LogP contribution in [0.5, 0.6) is 5.75 Å². The Morgan fingerprint density at radius 3 is 2.82 bits per heavy atom. The molecule has 0 aliphatic carbocycles. The fourth-order valence-corrected chi connectivity index (χ4v) is 2.65. The molecule has 0 saturated carbocycles. The minimum atomic E-state index is -0.366. The van der Waals surface area contributed by atoms with Gasteiger partial charge in [-0.15, -0.1) is 0 Å². The highest BCUT2D eigenvalue weighted by atomic mass is 16.5. The zero-order valence-electron chi connectivity index (χ0n) is 12.8. The largest absolute Gasteiger partial charge is 0.497 e. The first-order valence-electron chi connectivity index (χ1n) is 7.37. The summed E-state index contributed by atoms with van der Waals surface area (Å²) in [6.07, 6.45) is 0.827. The molecule has 6 nitrogen and oxygen atoms in total. The molecule has 0 radical (unpaired) electrons. The fraction of sp³-hybridized carbons (Fsp3) is 0.375. The third-order valence-electron chi connectivity index (χ3n) is 3.72. The zero-order valence-corrected chi connectivity index (χ0v) is 12.8. The molecule has 1 N–H and O–H groups in total. The molecule has 0 saturated heterocycles. The first-order valence-corrected chi connectivity index (χ1v) is 7.37. The number of methoxy groups -OCH3 is 1. The van der Waals surface area contributed by atoms with Gasteiger partial charge in [0.15, 0.2) is 5.69 Å². The van der Waals surface area contributed by atoms with E-state index in [2.05, 4.69) is 10.4 Å². The summed E-state index contributed by atoms with van der Waals surface area (Å²) in [7, 11) is 1.63. The lowest BCUT2D eigenvalue weighted by Gasteiger charge is -2.15. The van der Waals surface area contributed by atoms with Crippen LogP contribution in [0.15, 0.2) is 24.3 Å². The monoisotopic (exact) mass is 301 g/mol. The lowest BCUT2D eigenvalue weighted by molar-refractivity contribution is 0.0517. The SMILES string of the molecule is CCOC(=O)c1nn(-c2ccc(OC)cc2)c2c1CNCC2. The predicted octanol–water partition coefficient (Wildman–Crippen LogP) is 1.70. The number of ether oxygens (including phenoxy) is 2. The molecule has 22 heavy (non-hydrogen) atoms. The van der Waals surface area contributed by atoms with Gasteiger partial charge < -0.3 is 14.8 Å². The first-order chi connectivity index (χ1) is 10.7. The minimum absolute atomic E-state index is 0.344. The molecule has 0 fully saturated rings. The van der Waals surface area contributed by atoms with Crippen LogP contribution < -0.4 is 10.1 Å². The van der Waals surface area contributed by atoms with Gasteiger partial charge in [-0.3, -0.25) is 0 Å². The third-order valence-corrected chi connectivity index (χ3v) is 3.72. The molecule has 2 aromatic rings. The van der Waals surface area contributed by atoms with Crippen molar-refractivity contribution in [1.82, 2.24) is 15.1 Å². The van der Waals surface area contributed by atoms with Gasteiger partial charge in [0.1, 0.15) is 5.75 Å². The quantitative estimate of drug-likeness (QED) is 0.871. The molecule has 1 aromatic carbocycles. The first kappa shape index (κ1) is 14.6. The van der Waals surface area contributed by atoms with E-state index in [-0.39, 0.29) is 5.97 Å². The number of carbonyl (C=O) groups excluding carboxylic acids is 1. The summed E-state index contributed by atoms with van der Waals surface area (Å²) in [5.74, 6) is 0.423. The van der Waals surface area contributed by atoms with Gasteiger partial charge in [-0.2, -0.15) is 5.10 Å². The van der Waals surface area contributed by atoms with Crippen LogP contribution in [0.1, 0.15) is 28.7 Å². The lowest BCUT2D eigenvalue weighted by atomic mass is 10.1. The number of rotatable bonds is 4. The van der Waals surface area contributed by atoms with E-state index < -0.39 is 0 Å². The zero-order chi connectivity index (χ0) is 15.5. The van der Waals surface area contributed by atoms with Gasteiger partial charge in [0.25, 0.3) is 0 Å². The van der Waals surface area contributed by atoms with Gasteiger partial charge in [0.05, 0.1) is 25.1 Å². The molecule has 1 aliphatic heterocycles. The molecule has 0 amide bonds. The van der Waals surface area contributed by atoms with Crippen molar-refractivity contribution in [3.63, 3.8) is 0 Å². The van der Waals surface area contributed by atoms with E-state index in [1.54, 1.807) is 14.0 Å². The van der Waals surface area contributed by atoms with E-state index in [4.69, 9.17) is 9.47 Å². The number of nitrogens with one attached hydrogen (secondary N) is 1. The molecule has 1 aliphatic rings. The number of hydrogen-bond acceptors (Lipinski definition) is 5. The van der Waals surface area contributed by atoms with Gasteiger partial charge in [-0.25, -0.2) is 9.48 Å². The highest BCUT2D eigenvalue weighted by Gasteiger charge is 2.26. The Balaban J connectivity index is 2.05. The topological polar surface area (TPSA) is 65.4 Å². The Morgan fingerprint density at radius 2 is 2.14 bits per heavy atom. The van der Waals surface area contributed by atoms with Gasteiger partial charge in [-0.05, 0) is 31.2 Å². The van der Waals surface area contributed by atoms with Crippen molar-refractivity contribution in [2.75, 3.05) is 20.3 Å². The summed E-state index contributed by atoms with van der Waals surface area (Å²) in [6, 6.07) is 7.63. The van der Waals surface area contributed by atoms with Crippen molar-refractivity contribution >= 4 is 5.97 Å². The van der Waals surface area contributed by atoms with Gasteiger partial charge in [-0.1, -0.05) is 0 Å². The number of carbonyl (C=O) groups is 1. The Morgan fingerprint density at radius 1 is 1.36 bits per heavy atom. The van der Waals surface area contributed by atoms with Gasteiger partial charge in [0, 0.05) is 25.1 Å². The number of hydrogen-bond donors (Lipinski definition) is 1. The standard InChI is InChI=1S/C16H19N3O3/c1-3-22-16(20)15-13-10-17-9-8-14(13)19(18-15)11-4-6-12(21-2)7-5-11/h4-7,17H,3,8-10H2,1-2H3. The average molecular weight is 301 g/mol. The highest BCUT2D eigenvalue weighted by molar-refractivity contribution is 5.89. The summed E-state index contributed by atoms with van der Waals surface area (Å²) < 4.78 is 12.1. The second kappa shape index (κ2) is 6.19. The molecular weight excluding hydrogens is 282 g/mol. The van der Waals surface area contributed by atoms with Crippen LogP contribution in [0.25, 0.3) is 5.69 Å². The molecule has 0 atom stereocenters. The summed E-state index contributed by atoms with van der Waals surface area (Å²) in [5.41, 5.74) is 3.31. The Kier molecular flexibility index (Phi) is 4.11.